The number of rotatable bonds is 6. The van der Waals surface area contributed by atoms with Gasteiger partial charge < -0.3 is 20.3 Å². The number of ether oxygens (including phenoxy) is 1. The van der Waals surface area contributed by atoms with Gasteiger partial charge in [-0.1, -0.05) is 0 Å². The van der Waals surface area contributed by atoms with Crippen molar-refractivity contribution in [3.63, 3.8) is 0 Å². The lowest BCUT2D eigenvalue weighted by Crippen LogP contribution is -2.46. The van der Waals surface area contributed by atoms with Crippen molar-refractivity contribution in [3.8, 4) is 5.88 Å². The molecule has 0 radical (unpaired) electrons. The Morgan fingerprint density at radius 2 is 2.21 bits per heavy atom. The highest BCUT2D eigenvalue weighted by molar-refractivity contribution is 5.96. The first kappa shape index (κ1) is 14.9. The summed E-state index contributed by atoms with van der Waals surface area (Å²) in [5, 5.41) is 20.6. The van der Waals surface area contributed by atoms with E-state index in [-0.39, 0.29) is 11.4 Å². The quantitative estimate of drug-likeness (QED) is 0.672. The minimum Gasteiger partial charge on any atom is -0.479 e. The Hall–Kier alpha value is -2.15. The van der Waals surface area contributed by atoms with E-state index in [0.717, 1.165) is 6.92 Å². The number of carboxylic acid groups (broad SMARTS) is 1. The summed E-state index contributed by atoms with van der Waals surface area (Å²) in [5.74, 6) is -1.81. The fourth-order valence-corrected chi connectivity index (χ4v) is 1.24. The van der Waals surface area contributed by atoms with Gasteiger partial charge in [-0.15, -0.1) is 0 Å². The largest absolute Gasteiger partial charge is 0.479 e. The number of hydrogen-bond acceptors (Lipinski definition) is 5. The number of aliphatic carboxylic acids is 1. The van der Waals surface area contributed by atoms with Gasteiger partial charge in [-0.2, -0.15) is 0 Å². The third-order valence-corrected chi connectivity index (χ3v) is 2.35. The van der Waals surface area contributed by atoms with Crippen LogP contribution in [0.5, 0.6) is 5.88 Å². The predicted molar refractivity (Wildman–Crippen MR) is 66.0 cm³/mol. The van der Waals surface area contributed by atoms with Crippen molar-refractivity contribution in [2.75, 3.05) is 13.2 Å². The zero-order valence-electron chi connectivity index (χ0n) is 10.7. The second-order valence-electron chi connectivity index (χ2n) is 4.05. The van der Waals surface area contributed by atoms with Crippen molar-refractivity contribution in [1.29, 1.82) is 0 Å². The lowest BCUT2D eigenvalue weighted by Gasteiger charge is -2.18. The van der Waals surface area contributed by atoms with Crippen LogP contribution in [0.15, 0.2) is 18.3 Å². The Labute approximate surface area is 110 Å². The summed E-state index contributed by atoms with van der Waals surface area (Å²) in [6, 6.07) is 3.07. The van der Waals surface area contributed by atoms with Crippen molar-refractivity contribution in [1.82, 2.24) is 10.3 Å². The van der Waals surface area contributed by atoms with Gasteiger partial charge in [-0.05, 0) is 26.0 Å². The molecule has 3 N–H and O–H groups in total. The lowest BCUT2D eigenvalue weighted by molar-refractivity contribution is -0.155. The van der Waals surface area contributed by atoms with E-state index in [1.54, 1.807) is 13.0 Å². The third kappa shape index (κ3) is 3.92. The van der Waals surface area contributed by atoms with Crippen molar-refractivity contribution >= 4 is 11.9 Å². The maximum Gasteiger partial charge on any atom is 0.337 e. The molecule has 104 valence electrons. The van der Waals surface area contributed by atoms with Crippen LogP contribution in [0.3, 0.4) is 0 Å². The molecule has 0 saturated carbocycles. The summed E-state index contributed by atoms with van der Waals surface area (Å²) < 4.78 is 5.19. The van der Waals surface area contributed by atoms with Crippen LogP contribution in [0.4, 0.5) is 0 Å². The molecule has 1 unspecified atom stereocenters. The normalized spacial score (nSPS) is 13.4. The Bertz CT molecular complexity index is 473. The van der Waals surface area contributed by atoms with Gasteiger partial charge in [-0.3, -0.25) is 4.79 Å². The van der Waals surface area contributed by atoms with Crippen molar-refractivity contribution in [3.05, 3.63) is 23.9 Å². The summed E-state index contributed by atoms with van der Waals surface area (Å²) in [5.41, 5.74) is -1.84. The summed E-state index contributed by atoms with van der Waals surface area (Å²) in [7, 11) is 0. The summed E-state index contributed by atoms with van der Waals surface area (Å²) in [6.45, 7) is 2.79. The molecule has 7 nitrogen and oxygen atoms in total. The van der Waals surface area contributed by atoms with E-state index in [1.807, 2.05) is 0 Å². The molecule has 0 bridgehead atoms. The number of nitrogens with one attached hydrogen (secondary N) is 1. The second kappa shape index (κ2) is 6.14. The van der Waals surface area contributed by atoms with Crippen LogP contribution >= 0.6 is 0 Å². The number of hydrogen-bond donors (Lipinski definition) is 3. The molecule has 0 fully saturated rings. The Kier molecular flexibility index (Phi) is 4.82. The van der Waals surface area contributed by atoms with Crippen molar-refractivity contribution in [2.45, 2.75) is 19.4 Å². The average molecular weight is 268 g/mol. The average Bonchev–Trinajstić information content (AvgIpc) is 2.37. The van der Waals surface area contributed by atoms with Gasteiger partial charge in [0.05, 0.1) is 13.2 Å². The van der Waals surface area contributed by atoms with E-state index in [4.69, 9.17) is 9.84 Å². The van der Waals surface area contributed by atoms with E-state index in [2.05, 4.69) is 10.3 Å². The summed E-state index contributed by atoms with van der Waals surface area (Å²) in [6.07, 6.45) is 1.48. The molecule has 0 aliphatic carbocycles. The van der Waals surface area contributed by atoms with Crippen LogP contribution in [-0.4, -0.2) is 45.8 Å². The first-order valence-electron chi connectivity index (χ1n) is 5.70. The van der Waals surface area contributed by atoms with Crippen molar-refractivity contribution in [2.24, 2.45) is 0 Å². The number of carboxylic acids is 1. The number of amides is 1. The van der Waals surface area contributed by atoms with Gasteiger partial charge in [0.1, 0.15) is 5.56 Å². The Morgan fingerprint density at radius 1 is 1.53 bits per heavy atom. The molecule has 1 amide bonds. The second-order valence-corrected chi connectivity index (χ2v) is 4.05. The molecule has 1 atom stereocenters. The highest BCUT2D eigenvalue weighted by Gasteiger charge is 2.30. The maximum absolute atomic E-state index is 11.9. The fourth-order valence-electron chi connectivity index (χ4n) is 1.24. The summed E-state index contributed by atoms with van der Waals surface area (Å²) >= 11 is 0. The van der Waals surface area contributed by atoms with E-state index >= 15 is 0 Å². The molecule has 1 aromatic rings. The number of carbonyl (C=O) groups excluding carboxylic acids is 1. The molecule has 0 saturated heterocycles. The van der Waals surface area contributed by atoms with Crippen LogP contribution in [-0.2, 0) is 4.79 Å². The highest BCUT2D eigenvalue weighted by atomic mass is 16.5. The molecular weight excluding hydrogens is 252 g/mol. The smallest absolute Gasteiger partial charge is 0.337 e. The Morgan fingerprint density at radius 3 is 2.79 bits per heavy atom. The number of aliphatic hydroxyl groups is 1. The maximum atomic E-state index is 11.9. The molecular formula is C12H16N2O5. The number of aromatic nitrogens is 1. The minimum atomic E-state index is -2.02. The van der Waals surface area contributed by atoms with Gasteiger partial charge >= 0.3 is 5.97 Å². The van der Waals surface area contributed by atoms with Crippen LogP contribution in [0.25, 0.3) is 0 Å². The van der Waals surface area contributed by atoms with E-state index < -0.39 is 24.0 Å². The Balaban J connectivity index is 2.76. The van der Waals surface area contributed by atoms with Gasteiger partial charge in [0, 0.05) is 6.20 Å². The molecule has 0 spiro atoms. The van der Waals surface area contributed by atoms with Gasteiger partial charge in [-0.25, -0.2) is 9.78 Å². The SMILES string of the molecule is CCOc1ncccc1C(=O)NCC(C)(O)C(=O)O. The fraction of sp³-hybridized carbons (Fsp3) is 0.417. The van der Waals surface area contributed by atoms with Crippen LogP contribution < -0.4 is 10.1 Å². The van der Waals surface area contributed by atoms with Crippen LogP contribution in [0.1, 0.15) is 24.2 Å². The highest BCUT2D eigenvalue weighted by Crippen LogP contribution is 2.14. The van der Waals surface area contributed by atoms with E-state index in [0.29, 0.717) is 6.61 Å². The number of carbonyl (C=O) groups is 2. The number of nitrogens with zero attached hydrogens (tertiary/aromatic N) is 1. The third-order valence-electron chi connectivity index (χ3n) is 2.35. The molecule has 1 heterocycles. The molecule has 0 aromatic carbocycles. The van der Waals surface area contributed by atoms with Crippen molar-refractivity contribution < 1.29 is 24.5 Å². The monoisotopic (exact) mass is 268 g/mol. The first-order valence-corrected chi connectivity index (χ1v) is 5.70. The van der Waals surface area contributed by atoms with Crippen LogP contribution in [0.2, 0.25) is 0 Å². The number of pyridine rings is 1. The van der Waals surface area contributed by atoms with Gasteiger partial charge in [0.25, 0.3) is 5.91 Å². The molecule has 1 rings (SSSR count). The van der Waals surface area contributed by atoms with E-state index in [9.17, 15) is 14.7 Å². The zero-order chi connectivity index (χ0) is 14.5. The molecule has 0 aliphatic heterocycles. The van der Waals surface area contributed by atoms with Crippen LogP contribution in [0, 0.1) is 0 Å². The molecule has 19 heavy (non-hydrogen) atoms. The van der Waals surface area contributed by atoms with Gasteiger partial charge in [0.2, 0.25) is 5.88 Å². The van der Waals surface area contributed by atoms with Gasteiger partial charge in [0.15, 0.2) is 5.60 Å². The minimum absolute atomic E-state index is 0.164. The topological polar surface area (TPSA) is 109 Å². The molecule has 1 aromatic heterocycles. The van der Waals surface area contributed by atoms with E-state index in [1.165, 1.54) is 12.3 Å². The summed E-state index contributed by atoms with van der Waals surface area (Å²) in [4.78, 5) is 26.5. The predicted octanol–water partition coefficient (Wildman–Crippen LogP) is 0.0457. The first-order chi connectivity index (χ1) is 8.88. The zero-order valence-corrected chi connectivity index (χ0v) is 10.7. The molecule has 7 heteroatoms. The lowest BCUT2D eigenvalue weighted by atomic mass is 10.1. The standard InChI is InChI=1S/C12H16N2O5/c1-3-19-10-8(5-4-6-13-10)9(15)14-7-12(2,18)11(16)17/h4-6,18H,3,7H2,1-2H3,(H,14,15)(H,16,17). The molecule has 0 aliphatic rings.